The molecular formula is C36H44Cl3N3O3. The second-order valence-corrected chi connectivity index (χ2v) is 13.1. The minimum absolute atomic E-state index is 0. The monoisotopic (exact) mass is 671 g/mol. The fourth-order valence-electron chi connectivity index (χ4n) is 7.23. The van der Waals surface area contributed by atoms with Crippen LogP contribution in [0.3, 0.4) is 0 Å². The van der Waals surface area contributed by atoms with Crippen molar-refractivity contribution >= 4 is 47.9 Å². The first kappa shape index (κ1) is 35.2. The van der Waals surface area contributed by atoms with Gasteiger partial charge in [0.25, 0.3) is 5.91 Å². The summed E-state index contributed by atoms with van der Waals surface area (Å²) in [6.45, 7) is 7.21. The van der Waals surface area contributed by atoms with Gasteiger partial charge in [0.15, 0.2) is 0 Å². The summed E-state index contributed by atoms with van der Waals surface area (Å²) in [6.07, 6.45) is 6.60. The van der Waals surface area contributed by atoms with Crippen molar-refractivity contribution in [1.29, 1.82) is 0 Å². The summed E-state index contributed by atoms with van der Waals surface area (Å²) in [6, 6.07) is 26.1. The van der Waals surface area contributed by atoms with Gasteiger partial charge in [-0.05, 0) is 100 Å². The van der Waals surface area contributed by atoms with Crippen molar-refractivity contribution in [1.82, 2.24) is 14.9 Å². The van der Waals surface area contributed by atoms with Gasteiger partial charge in [-0.3, -0.25) is 14.4 Å². The van der Waals surface area contributed by atoms with E-state index in [9.17, 15) is 9.59 Å². The Labute approximate surface area is 284 Å². The van der Waals surface area contributed by atoms with Gasteiger partial charge in [-0.2, -0.15) is 0 Å². The Morgan fingerprint density at radius 2 is 1.58 bits per heavy atom. The van der Waals surface area contributed by atoms with Gasteiger partial charge < -0.3 is 9.80 Å². The number of piperidine rings is 2. The van der Waals surface area contributed by atoms with Gasteiger partial charge in [0.2, 0.25) is 6.41 Å². The molecule has 1 atom stereocenters. The summed E-state index contributed by atoms with van der Waals surface area (Å²) >= 11 is 12.9. The van der Waals surface area contributed by atoms with Gasteiger partial charge in [0.1, 0.15) is 0 Å². The van der Waals surface area contributed by atoms with Gasteiger partial charge in [0.05, 0.1) is 23.2 Å². The number of hydrogen-bond donors (Lipinski definition) is 0. The minimum Gasteiger partial charge on any atom is -0.338 e. The van der Waals surface area contributed by atoms with Crippen LogP contribution in [0.4, 0.5) is 0 Å². The summed E-state index contributed by atoms with van der Waals surface area (Å²) in [4.78, 5) is 35.5. The number of rotatable bonds is 12. The predicted octanol–water partition coefficient (Wildman–Crippen LogP) is 7.81. The van der Waals surface area contributed by atoms with E-state index in [1.165, 1.54) is 10.6 Å². The van der Waals surface area contributed by atoms with Crippen LogP contribution in [0, 0.1) is 0 Å². The van der Waals surface area contributed by atoms with Crippen LogP contribution in [0.2, 0.25) is 10.0 Å². The number of hydroxylamine groups is 2. The molecule has 0 radical (unpaired) electrons. The largest absolute Gasteiger partial charge is 0.338 e. The Hall–Kier alpha value is -2.61. The molecule has 2 aliphatic heterocycles. The third kappa shape index (κ3) is 8.41. The van der Waals surface area contributed by atoms with Crippen LogP contribution in [0.25, 0.3) is 0 Å². The van der Waals surface area contributed by atoms with Crippen molar-refractivity contribution in [2.24, 2.45) is 0 Å². The lowest BCUT2D eigenvalue weighted by atomic mass is 9.70. The van der Waals surface area contributed by atoms with Crippen LogP contribution in [0.1, 0.15) is 66.9 Å². The molecule has 0 bridgehead atoms. The number of benzene rings is 3. The molecule has 2 amide bonds. The molecule has 3 aromatic rings. The van der Waals surface area contributed by atoms with Crippen LogP contribution < -0.4 is 0 Å². The summed E-state index contributed by atoms with van der Waals surface area (Å²) in [5.74, 6) is 0.0828. The van der Waals surface area contributed by atoms with E-state index >= 15 is 0 Å². The highest BCUT2D eigenvalue weighted by molar-refractivity contribution is 6.42. The third-order valence-electron chi connectivity index (χ3n) is 9.62. The Morgan fingerprint density at radius 3 is 2.22 bits per heavy atom. The van der Waals surface area contributed by atoms with Crippen LogP contribution in [-0.4, -0.2) is 73.1 Å². The summed E-state index contributed by atoms with van der Waals surface area (Å²) < 4.78 is 0. The fraction of sp³-hybridized carbons (Fsp3) is 0.444. The molecule has 5 rings (SSSR count). The molecule has 2 saturated heterocycles. The lowest BCUT2D eigenvalue weighted by Gasteiger charge is -2.45. The van der Waals surface area contributed by atoms with E-state index < -0.39 is 0 Å². The van der Waals surface area contributed by atoms with Crippen molar-refractivity contribution in [3.8, 4) is 0 Å². The SMILES string of the molecule is CCON(C=O)CC1(c2ccccc2)CCN(CCCC2(c3ccc(Cl)c(Cl)c3)CCCN(C(=O)c3ccccc3)C2)CC1.Cl. The van der Waals surface area contributed by atoms with Crippen LogP contribution in [0.15, 0.2) is 78.9 Å². The quantitative estimate of drug-likeness (QED) is 0.146. The third-order valence-corrected chi connectivity index (χ3v) is 10.4. The molecule has 242 valence electrons. The number of carbonyl (C=O) groups is 2. The summed E-state index contributed by atoms with van der Waals surface area (Å²) in [5, 5.41) is 2.57. The van der Waals surface area contributed by atoms with E-state index in [0.29, 0.717) is 29.7 Å². The van der Waals surface area contributed by atoms with Crippen LogP contribution in [-0.2, 0) is 20.5 Å². The molecule has 0 N–H and O–H groups in total. The number of hydrogen-bond acceptors (Lipinski definition) is 4. The van der Waals surface area contributed by atoms with Crippen molar-refractivity contribution < 1.29 is 14.4 Å². The first-order valence-electron chi connectivity index (χ1n) is 15.8. The molecule has 2 fully saturated rings. The van der Waals surface area contributed by atoms with E-state index in [1.807, 2.05) is 60.4 Å². The smallest absolute Gasteiger partial charge is 0.253 e. The fourth-order valence-corrected chi connectivity index (χ4v) is 7.53. The second-order valence-electron chi connectivity index (χ2n) is 12.3. The molecule has 2 aliphatic rings. The lowest BCUT2D eigenvalue weighted by molar-refractivity contribution is -0.176. The molecule has 0 spiro atoms. The van der Waals surface area contributed by atoms with Gasteiger partial charge in [-0.1, -0.05) is 77.8 Å². The standard InChI is InChI=1S/C36H43Cl2N3O3.ClH/c1-2-44-41(28-42)27-36(30-13-7-4-8-14-30)19-23-39(24-20-36)21-9-17-35(31-15-16-32(37)33(38)25-31)18-10-22-40(26-35)34(43)29-11-5-3-6-12-29;/h3-8,11-16,25,28H,2,9-10,17-24,26-27H2,1H3;1H. The topological polar surface area (TPSA) is 53.1 Å². The van der Waals surface area contributed by atoms with Crippen molar-refractivity contribution in [2.75, 3.05) is 45.9 Å². The van der Waals surface area contributed by atoms with Crippen molar-refractivity contribution in [2.45, 2.75) is 56.3 Å². The number of carbonyl (C=O) groups excluding carboxylic acids is 2. The predicted molar refractivity (Wildman–Crippen MR) is 184 cm³/mol. The zero-order valence-electron chi connectivity index (χ0n) is 26.0. The van der Waals surface area contributed by atoms with E-state index in [2.05, 4.69) is 35.2 Å². The zero-order chi connectivity index (χ0) is 31.0. The molecule has 6 nitrogen and oxygen atoms in total. The highest BCUT2D eigenvalue weighted by atomic mass is 35.5. The zero-order valence-corrected chi connectivity index (χ0v) is 28.3. The number of likely N-dealkylation sites (tertiary alicyclic amines) is 2. The van der Waals surface area contributed by atoms with Crippen molar-refractivity contribution in [3.05, 3.63) is 106 Å². The Bertz CT molecular complexity index is 1390. The maximum absolute atomic E-state index is 13.5. The lowest BCUT2D eigenvalue weighted by Crippen LogP contribution is -2.50. The Kier molecular flexibility index (Phi) is 12.8. The molecule has 2 heterocycles. The van der Waals surface area contributed by atoms with E-state index in [1.54, 1.807) is 0 Å². The highest BCUT2D eigenvalue weighted by Gasteiger charge is 2.40. The number of amides is 2. The molecule has 45 heavy (non-hydrogen) atoms. The molecular weight excluding hydrogens is 629 g/mol. The maximum Gasteiger partial charge on any atom is 0.253 e. The molecule has 0 saturated carbocycles. The highest BCUT2D eigenvalue weighted by Crippen LogP contribution is 2.42. The van der Waals surface area contributed by atoms with E-state index in [-0.39, 0.29) is 29.1 Å². The van der Waals surface area contributed by atoms with Gasteiger partial charge >= 0.3 is 0 Å². The molecule has 0 aliphatic carbocycles. The average molecular weight is 673 g/mol. The Morgan fingerprint density at radius 1 is 0.889 bits per heavy atom. The van der Waals surface area contributed by atoms with Crippen LogP contribution in [0.5, 0.6) is 0 Å². The molecule has 9 heteroatoms. The van der Waals surface area contributed by atoms with Gasteiger partial charge in [-0.15, -0.1) is 12.4 Å². The average Bonchev–Trinajstić information content (AvgIpc) is 3.07. The maximum atomic E-state index is 13.5. The first-order chi connectivity index (χ1) is 21.4. The molecule has 3 aromatic carbocycles. The normalized spacial score (nSPS) is 19.8. The first-order valence-corrected chi connectivity index (χ1v) is 16.6. The van der Waals surface area contributed by atoms with E-state index in [0.717, 1.165) is 82.2 Å². The van der Waals surface area contributed by atoms with Crippen molar-refractivity contribution in [3.63, 3.8) is 0 Å². The second kappa shape index (κ2) is 16.3. The Balaban J connectivity index is 0.00000461. The van der Waals surface area contributed by atoms with Crippen LogP contribution >= 0.6 is 35.6 Å². The van der Waals surface area contributed by atoms with Gasteiger partial charge in [-0.25, -0.2) is 5.06 Å². The van der Waals surface area contributed by atoms with E-state index in [4.69, 9.17) is 28.0 Å². The van der Waals surface area contributed by atoms with Gasteiger partial charge in [0, 0.05) is 29.5 Å². The summed E-state index contributed by atoms with van der Waals surface area (Å²) in [7, 11) is 0. The summed E-state index contributed by atoms with van der Waals surface area (Å²) in [5.41, 5.74) is 2.81. The molecule has 1 unspecified atom stereocenters. The number of halogens is 3. The number of nitrogens with zero attached hydrogens (tertiary/aromatic N) is 3. The minimum atomic E-state index is -0.192. The molecule has 0 aromatic heterocycles.